The minimum atomic E-state index is -0.349. The SMILES string of the molecule is CCOc1ccc(Br)cc1C(=O)OCCCc1ccccc1. The number of halogens is 1. The summed E-state index contributed by atoms with van der Waals surface area (Å²) in [5.74, 6) is 0.205. The summed E-state index contributed by atoms with van der Waals surface area (Å²) >= 11 is 3.36. The minimum absolute atomic E-state index is 0.349. The molecule has 2 aromatic carbocycles. The largest absolute Gasteiger partial charge is 0.493 e. The third-order valence-corrected chi connectivity index (χ3v) is 3.64. The maximum atomic E-state index is 12.2. The molecule has 0 atom stereocenters. The van der Waals surface area contributed by atoms with Gasteiger partial charge in [-0.1, -0.05) is 46.3 Å². The normalized spacial score (nSPS) is 10.3. The van der Waals surface area contributed by atoms with E-state index in [1.54, 1.807) is 12.1 Å². The molecule has 0 amide bonds. The Labute approximate surface area is 139 Å². The molecule has 0 unspecified atom stereocenters. The second-order valence-electron chi connectivity index (χ2n) is 4.80. The Kier molecular flexibility index (Phi) is 6.46. The number of ether oxygens (including phenoxy) is 2. The highest BCUT2D eigenvalue weighted by Gasteiger charge is 2.14. The third kappa shape index (κ3) is 4.88. The Morgan fingerprint density at radius 3 is 2.64 bits per heavy atom. The van der Waals surface area contributed by atoms with E-state index in [4.69, 9.17) is 9.47 Å². The van der Waals surface area contributed by atoms with Gasteiger partial charge in [0.1, 0.15) is 11.3 Å². The Morgan fingerprint density at radius 2 is 1.91 bits per heavy atom. The summed E-state index contributed by atoms with van der Waals surface area (Å²) in [7, 11) is 0. The molecule has 116 valence electrons. The van der Waals surface area contributed by atoms with E-state index in [-0.39, 0.29) is 5.97 Å². The van der Waals surface area contributed by atoms with E-state index in [1.807, 2.05) is 31.2 Å². The van der Waals surface area contributed by atoms with Crippen LogP contribution in [-0.4, -0.2) is 19.2 Å². The fraction of sp³-hybridized carbons (Fsp3) is 0.278. The van der Waals surface area contributed by atoms with E-state index >= 15 is 0 Å². The van der Waals surface area contributed by atoms with Crippen molar-refractivity contribution in [3.63, 3.8) is 0 Å². The monoisotopic (exact) mass is 362 g/mol. The zero-order valence-electron chi connectivity index (χ0n) is 12.5. The van der Waals surface area contributed by atoms with Crippen molar-refractivity contribution in [2.45, 2.75) is 19.8 Å². The molecule has 0 spiro atoms. The van der Waals surface area contributed by atoms with Crippen LogP contribution in [0.25, 0.3) is 0 Å². The van der Waals surface area contributed by atoms with E-state index < -0.39 is 0 Å². The molecule has 0 heterocycles. The van der Waals surface area contributed by atoms with E-state index in [9.17, 15) is 4.79 Å². The Hall–Kier alpha value is -1.81. The lowest BCUT2D eigenvalue weighted by atomic mass is 10.1. The predicted molar refractivity (Wildman–Crippen MR) is 90.4 cm³/mol. The molecule has 0 aliphatic carbocycles. The number of hydrogen-bond donors (Lipinski definition) is 0. The minimum Gasteiger partial charge on any atom is -0.493 e. The van der Waals surface area contributed by atoms with Crippen molar-refractivity contribution in [1.82, 2.24) is 0 Å². The maximum absolute atomic E-state index is 12.2. The zero-order valence-corrected chi connectivity index (χ0v) is 14.1. The van der Waals surface area contributed by atoms with Crippen molar-refractivity contribution in [1.29, 1.82) is 0 Å². The van der Waals surface area contributed by atoms with Crippen molar-refractivity contribution in [3.8, 4) is 5.75 Å². The first-order valence-electron chi connectivity index (χ1n) is 7.34. The average Bonchev–Trinajstić information content (AvgIpc) is 2.54. The number of rotatable bonds is 7. The summed E-state index contributed by atoms with van der Waals surface area (Å²) in [5.41, 5.74) is 1.70. The van der Waals surface area contributed by atoms with Crippen LogP contribution in [-0.2, 0) is 11.2 Å². The highest BCUT2D eigenvalue weighted by atomic mass is 79.9. The standard InChI is InChI=1S/C18H19BrO3/c1-2-21-17-11-10-15(19)13-16(17)18(20)22-12-6-9-14-7-4-3-5-8-14/h3-5,7-8,10-11,13H,2,6,9,12H2,1H3. The maximum Gasteiger partial charge on any atom is 0.341 e. The van der Waals surface area contributed by atoms with Crippen LogP contribution < -0.4 is 4.74 Å². The van der Waals surface area contributed by atoms with E-state index in [0.717, 1.165) is 17.3 Å². The van der Waals surface area contributed by atoms with Crippen LogP contribution in [0.2, 0.25) is 0 Å². The van der Waals surface area contributed by atoms with Crippen molar-refractivity contribution in [3.05, 3.63) is 64.1 Å². The number of carbonyl (C=O) groups excluding carboxylic acids is 1. The molecule has 2 rings (SSSR count). The molecule has 0 fully saturated rings. The summed E-state index contributed by atoms with van der Waals surface area (Å²) < 4.78 is 11.6. The van der Waals surface area contributed by atoms with E-state index in [1.165, 1.54) is 5.56 Å². The number of benzene rings is 2. The fourth-order valence-corrected chi connectivity index (χ4v) is 2.47. The van der Waals surface area contributed by atoms with Crippen LogP contribution in [0.3, 0.4) is 0 Å². The van der Waals surface area contributed by atoms with E-state index in [2.05, 4.69) is 28.1 Å². The van der Waals surface area contributed by atoms with Gasteiger partial charge in [0.05, 0.1) is 13.2 Å². The second kappa shape index (κ2) is 8.59. The summed E-state index contributed by atoms with van der Waals surface area (Å²) in [4.78, 5) is 12.2. The molecule has 0 N–H and O–H groups in total. The van der Waals surface area contributed by atoms with Crippen LogP contribution in [0.15, 0.2) is 53.0 Å². The molecule has 22 heavy (non-hydrogen) atoms. The highest BCUT2D eigenvalue weighted by molar-refractivity contribution is 9.10. The zero-order chi connectivity index (χ0) is 15.8. The Balaban J connectivity index is 1.88. The van der Waals surface area contributed by atoms with Crippen LogP contribution >= 0.6 is 15.9 Å². The van der Waals surface area contributed by atoms with Gasteiger partial charge >= 0.3 is 5.97 Å². The van der Waals surface area contributed by atoms with Gasteiger partial charge in [-0.2, -0.15) is 0 Å². The first-order valence-corrected chi connectivity index (χ1v) is 8.13. The summed E-state index contributed by atoms with van der Waals surface area (Å²) in [5, 5.41) is 0. The lowest BCUT2D eigenvalue weighted by Gasteiger charge is -2.10. The molecule has 0 bridgehead atoms. The molecule has 0 aromatic heterocycles. The van der Waals surface area contributed by atoms with Gasteiger partial charge in [0.2, 0.25) is 0 Å². The topological polar surface area (TPSA) is 35.5 Å². The van der Waals surface area contributed by atoms with Gasteiger partial charge in [-0.05, 0) is 43.5 Å². The second-order valence-corrected chi connectivity index (χ2v) is 5.71. The van der Waals surface area contributed by atoms with Crippen LogP contribution in [0.1, 0.15) is 29.3 Å². The smallest absolute Gasteiger partial charge is 0.341 e. The molecule has 3 nitrogen and oxygen atoms in total. The van der Waals surface area contributed by atoms with Gasteiger partial charge in [-0.3, -0.25) is 0 Å². The average molecular weight is 363 g/mol. The Morgan fingerprint density at radius 1 is 1.14 bits per heavy atom. The lowest BCUT2D eigenvalue weighted by molar-refractivity contribution is 0.0496. The van der Waals surface area contributed by atoms with E-state index in [0.29, 0.717) is 24.5 Å². The summed E-state index contributed by atoms with van der Waals surface area (Å²) in [6.45, 7) is 2.79. The fourth-order valence-electron chi connectivity index (χ4n) is 2.11. The van der Waals surface area contributed by atoms with Crippen molar-refractivity contribution < 1.29 is 14.3 Å². The van der Waals surface area contributed by atoms with Gasteiger partial charge in [-0.15, -0.1) is 0 Å². The highest BCUT2D eigenvalue weighted by Crippen LogP contribution is 2.24. The predicted octanol–water partition coefficient (Wildman–Crippen LogP) is 4.64. The third-order valence-electron chi connectivity index (χ3n) is 3.15. The Bertz CT molecular complexity index is 611. The van der Waals surface area contributed by atoms with Gasteiger partial charge < -0.3 is 9.47 Å². The summed E-state index contributed by atoms with van der Waals surface area (Å²) in [6.07, 6.45) is 1.69. The number of aryl methyl sites for hydroxylation is 1. The van der Waals surface area contributed by atoms with Crippen LogP contribution in [0.5, 0.6) is 5.75 Å². The number of carbonyl (C=O) groups is 1. The van der Waals surface area contributed by atoms with Crippen molar-refractivity contribution >= 4 is 21.9 Å². The molecule has 4 heteroatoms. The molecule has 0 radical (unpaired) electrons. The lowest BCUT2D eigenvalue weighted by Crippen LogP contribution is -2.09. The molecule has 0 aliphatic heterocycles. The van der Waals surface area contributed by atoms with Gasteiger partial charge in [0.15, 0.2) is 0 Å². The molecule has 0 aliphatic rings. The van der Waals surface area contributed by atoms with Crippen molar-refractivity contribution in [2.24, 2.45) is 0 Å². The van der Waals surface area contributed by atoms with Gasteiger partial charge in [-0.25, -0.2) is 4.79 Å². The molecule has 2 aromatic rings. The number of esters is 1. The van der Waals surface area contributed by atoms with Crippen LogP contribution in [0, 0.1) is 0 Å². The molecule has 0 saturated carbocycles. The molecular formula is C18H19BrO3. The van der Waals surface area contributed by atoms with Gasteiger partial charge in [0, 0.05) is 4.47 Å². The quantitative estimate of drug-likeness (QED) is 0.531. The first-order chi connectivity index (χ1) is 10.7. The summed E-state index contributed by atoms with van der Waals surface area (Å²) in [6, 6.07) is 15.5. The van der Waals surface area contributed by atoms with Crippen LogP contribution in [0.4, 0.5) is 0 Å². The molecular weight excluding hydrogens is 344 g/mol. The number of hydrogen-bond acceptors (Lipinski definition) is 3. The van der Waals surface area contributed by atoms with Crippen molar-refractivity contribution in [2.75, 3.05) is 13.2 Å². The molecule has 0 saturated heterocycles. The van der Waals surface area contributed by atoms with Gasteiger partial charge in [0.25, 0.3) is 0 Å². The first kappa shape index (κ1) is 16.6.